The molecule has 0 fully saturated rings. The minimum Gasteiger partial charge on any atom is -0.497 e. The van der Waals surface area contributed by atoms with Crippen LogP contribution < -0.4 is 9.64 Å². The van der Waals surface area contributed by atoms with Crippen molar-refractivity contribution in [2.45, 2.75) is 0 Å². The number of hydrogen-bond donors (Lipinski definition) is 1. The minimum absolute atomic E-state index is 0.0908. The quantitative estimate of drug-likeness (QED) is 0.767. The molecule has 0 aliphatic carbocycles. The van der Waals surface area contributed by atoms with Crippen LogP contribution in [0.25, 0.3) is 5.57 Å². The predicted octanol–water partition coefficient (Wildman–Crippen LogP) is 3.36. The zero-order valence-electron chi connectivity index (χ0n) is 13.9. The predicted molar refractivity (Wildman–Crippen MR) is 103 cm³/mol. The van der Waals surface area contributed by atoms with Gasteiger partial charge >= 0.3 is 0 Å². The SMILES string of the molecule is COc1ccc(C2=C(SCCO)C(=O)N(c3ccc(Cl)cc3)C2=O)cc1. The van der Waals surface area contributed by atoms with Crippen LogP contribution in [0.2, 0.25) is 5.02 Å². The Kier molecular flexibility index (Phi) is 5.66. The van der Waals surface area contributed by atoms with Crippen LogP contribution >= 0.6 is 23.4 Å². The Bertz CT molecular complexity index is 862. The monoisotopic (exact) mass is 389 g/mol. The third-order valence-corrected chi connectivity index (χ3v) is 5.15. The van der Waals surface area contributed by atoms with E-state index in [1.54, 1.807) is 55.6 Å². The highest BCUT2D eigenvalue weighted by atomic mass is 35.5. The first-order chi connectivity index (χ1) is 12.6. The van der Waals surface area contributed by atoms with E-state index in [2.05, 4.69) is 0 Å². The molecule has 7 heteroatoms. The van der Waals surface area contributed by atoms with E-state index in [0.717, 1.165) is 4.90 Å². The van der Waals surface area contributed by atoms with E-state index in [0.29, 0.717) is 38.3 Å². The molecule has 0 bridgehead atoms. The van der Waals surface area contributed by atoms with Crippen molar-refractivity contribution in [1.82, 2.24) is 0 Å². The summed E-state index contributed by atoms with van der Waals surface area (Å²) in [4.78, 5) is 27.4. The number of carbonyl (C=O) groups is 2. The summed E-state index contributed by atoms with van der Waals surface area (Å²) < 4.78 is 5.14. The number of nitrogens with zero attached hydrogens (tertiary/aromatic N) is 1. The number of rotatable bonds is 6. The maximum absolute atomic E-state index is 13.0. The van der Waals surface area contributed by atoms with E-state index in [-0.39, 0.29) is 6.61 Å². The summed E-state index contributed by atoms with van der Waals surface area (Å²) in [6.45, 7) is -0.0908. The number of hydrogen-bond acceptors (Lipinski definition) is 5. The molecule has 1 aliphatic rings. The van der Waals surface area contributed by atoms with Crippen LogP contribution in [0.15, 0.2) is 53.4 Å². The number of halogens is 1. The first kappa shape index (κ1) is 18.5. The van der Waals surface area contributed by atoms with Crippen molar-refractivity contribution in [2.24, 2.45) is 0 Å². The summed E-state index contributed by atoms with van der Waals surface area (Å²) in [5.74, 6) is 0.178. The topological polar surface area (TPSA) is 66.8 Å². The highest BCUT2D eigenvalue weighted by Crippen LogP contribution is 2.38. The lowest BCUT2D eigenvalue weighted by Crippen LogP contribution is -2.31. The number of ether oxygens (including phenoxy) is 1. The fraction of sp³-hybridized carbons (Fsp3) is 0.158. The molecule has 0 unspecified atom stereocenters. The van der Waals surface area contributed by atoms with E-state index in [1.165, 1.54) is 11.8 Å². The van der Waals surface area contributed by atoms with Crippen molar-refractivity contribution in [3.8, 4) is 5.75 Å². The number of aliphatic hydroxyl groups is 1. The summed E-state index contributed by atoms with van der Waals surface area (Å²) in [7, 11) is 1.56. The molecule has 1 N–H and O–H groups in total. The first-order valence-corrected chi connectivity index (χ1v) is 9.20. The van der Waals surface area contributed by atoms with Crippen molar-refractivity contribution < 1.29 is 19.4 Å². The molecule has 0 aromatic heterocycles. The van der Waals surface area contributed by atoms with Gasteiger partial charge in [0.05, 0.1) is 29.9 Å². The maximum Gasteiger partial charge on any atom is 0.272 e. The van der Waals surface area contributed by atoms with Gasteiger partial charge < -0.3 is 9.84 Å². The van der Waals surface area contributed by atoms with Crippen LogP contribution in [0.4, 0.5) is 5.69 Å². The summed E-state index contributed by atoms with van der Waals surface area (Å²) >= 11 is 7.07. The second-order valence-electron chi connectivity index (χ2n) is 5.43. The van der Waals surface area contributed by atoms with Crippen molar-refractivity contribution in [3.63, 3.8) is 0 Å². The molecule has 0 spiro atoms. The highest BCUT2D eigenvalue weighted by molar-refractivity contribution is 8.04. The van der Waals surface area contributed by atoms with Gasteiger partial charge in [-0.25, -0.2) is 4.90 Å². The third-order valence-electron chi connectivity index (χ3n) is 3.84. The standard InChI is InChI=1S/C19H16ClNO4S/c1-25-15-8-2-12(3-9-15)16-17(26-11-10-22)19(24)21(18(16)23)14-6-4-13(20)5-7-14/h2-9,22H,10-11H2,1H3. The second kappa shape index (κ2) is 7.95. The molecule has 1 aliphatic heterocycles. The zero-order valence-corrected chi connectivity index (χ0v) is 15.5. The van der Waals surface area contributed by atoms with Crippen LogP contribution in [0.3, 0.4) is 0 Å². The van der Waals surface area contributed by atoms with Gasteiger partial charge in [0.15, 0.2) is 0 Å². The number of thioether (sulfide) groups is 1. The normalized spacial score (nSPS) is 14.3. The van der Waals surface area contributed by atoms with E-state index in [1.807, 2.05) is 0 Å². The van der Waals surface area contributed by atoms with Crippen LogP contribution in [-0.2, 0) is 9.59 Å². The molecule has 3 rings (SSSR count). The molecule has 26 heavy (non-hydrogen) atoms. The molecule has 0 saturated carbocycles. The average molecular weight is 390 g/mol. The molecule has 2 aromatic carbocycles. The number of anilines is 1. The Morgan fingerprint density at radius 3 is 2.27 bits per heavy atom. The van der Waals surface area contributed by atoms with E-state index in [4.69, 9.17) is 21.4 Å². The van der Waals surface area contributed by atoms with E-state index in [9.17, 15) is 9.59 Å². The van der Waals surface area contributed by atoms with E-state index < -0.39 is 11.8 Å². The smallest absolute Gasteiger partial charge is 0.272 e. The Morgan fingerprint density at radius 2 is 1.69 bits per heavy atom. The number of imide groups is 1. The third kappa shape index (κ3) is 3.49. The van der Waals surface area contributed by atoms with Crippen molar-refractivity contribution in [3.05, 3.63) is 64.0 Å². The number of amides is 2. The van der Waals surface area contributed by atoms with Gasteiger partial charge in [-0.2, -0.15) is 0 Å². The summed E-state index contributed by atoms with van der Waals surface area (Å²) in [6, 6.07) is 13.5. The number of benzene rings is 2. The number of methoxy groups -OCH3 is 1. The molecule has 2 amide bonds. The zero-order chi connectivity index (χ0) is 18.7. The van der Waals surface area contributed by atoms with Gasteiger partial charge in [-0.1, -0.05) is 23.7 Å². The van der Waals surface area contributed by atoms with Gasteiger partial charge in [0.2, 0.25) is 0 Å². The van der Waals surface area contributed by atoms with Crippen LogP contribution in [0.1, 0.15) is 5.56 Å². The molecule has 2 aromatic rings. The Balaban J connectivity index is 2.04. The van der Waals surface area contributed by atoms with Gasteiger partial charge in [0.1, 0.15) is 5.75 Å². The van der Waals surface area contributed by atoms with E-state index >= 15 is 0 Å². The number of carbonyl (C=O) groups excluding carboxylic acids is 2. The number of aliphatic hydroxyl groups excluding tert-OH is 1. The van der Waals surface area contributed by atoms with Crippen molar-refractivity contribution >= 4 is 46.4 Å². The largest absolute Gasteiger partial charge is 0.497 e. The molecule has 0 atom stereocenters. The molecular formula is C19H16ClNO4S. The lowest BCUT2D eigenvalue weighted by molar-refractivity contribution is -0.119. The summed E-state index contributed by atoms with van der Waals surface area (Å²) in [5.41, 5.74) is 1.40. The van der Waals surface area contributed by atoms with Gasteiger partial charge in [0, 0.05) is 10.8 Å². The Labute approximate surface area is 160 Å². The molecule has 1 heterocycles. The molecule has 134 valence electrons. The summed E-state index contributed by atoms with van der Waals surface area (Å²) in [6.07, 6.45) is 0. The minimum atomic E-state index is -0.401. The molecule has 0 radical (unpaired) electrons. The first-order valence-electron chi connectivity index (χ1n) is 7.83. The molecule has 5 nitrogen and oxygen atoms in total. The fourth-order valence-electron chi connectivity index (χ4n) is 2.63. The Morgan fingerprint density at radius 1 is 1.04 bits per heavy atom. The summed E-state index contributed by atoms with van der Waals surface area (Å²) in [5, 5.41) is 9.65. The highest BCUT2D eigenvalue weighted by Gasteiger charge is 2.40. The lowest BCUT2D eigenvalue weighted by Gasteiger charge is -2.15. The van der Waals surface area contributed by atoms with Crippen LogP contribution in [0, 0.1) is 0 Å². The second-order valence-corrected chi connectivity index (χ2v) is 6.97. The molecular weight excluding hydrogens is 374 g/mol. The lowest BCUT2D eigenvalue weighted by atomic mass is 10.1. The Hall–Kier alpha value is -2.28. The van der Waals surface area contributed by atoms with Crippen molar-refractivity contribution in [1.29, 1.82) is 0 Å². The van der Waals surface area contributed by atoms with Crippen LogP contribution in [0.5, 0.6) is 5.75 Å². The average Bonchev–Trinajstić information content (AvgIpc) is 2.91. The van der Waals surface area contributed by atoms with Gasteiger partial charge in [-0.3, -0.25) is 9.59 Å². The molecule has 0 saturated heterocycles. The van der Waals surface area contributed by atoms with Gasteiger partial charge in [-0.05, 0) is 42.0 Å². The maximum atomic E-state index is 13.0. The van der Waals surface area contributed by atoms with Crippen LogP contribution in [-0.4, -0.2) is 36.4 Å². The van der Waals surface area contributed by atoms with Gasteiger partial charge in [-0.15, -0.1) is 11.8 Å². The van der Waals surface area contributed by atoms with Gasteiger partial charge in [0.25, 0.3) is 11.8 Å². The fourth-order valence-corrected chi connectivity index (χ4v) is 3.61. The van der Waals surface area contributed by atoms with Crippen molar-refractivity contribution in [2.75, 3.05) is 24.4 Å².